The van der Waals surface area contributed by atoms with E-state index in [-0.39, 0.29) is 12.4 Å². The molecule has 3 aromatic carbocycles. The lowest BCUT2D eigenvalue weighted by molar-refractivity contribution is -0.138. The molecule has 0 bridgehead atoms. The Labute approximate surface area is 174 Å². The van der Waals surface area contributed by atoms with Crippen LogP contribution in [0.4, 0.5) is 0 Å². The first kappa shape index (κ1) is 20.0. The maximum Gasteiger partial charge on any atom is 0.177 e. The average Bonchev–Trinajstić information content (AvgIpc) is 2.80. The van der Waals surface area contributed by atoms with Gasteiger partial charge in [-0.1, -0.05) is 60.7 Å². The van der Waals surface area contributed by atoms with Crippen LogP contribution in [0, 0.1) is 0 Å². The maximum atomic E-state index is 6.37. The van der Waals surface area contributed by atoms with E-state index in [0.717, 1.165) is 12.6 Å². The topological polar surface area (TPSA) is 18.5 Å². The molecule has 148 valence electrons. The van der Waals surface area contributed by atoms with Crippen LogP contribution in [0.15, 0.2) is 103 Å². The molecule has 0 saturated carbocycles. The molecular weight excluding hydrogens is 375 g/mol. The van der Waals surface area contributed by atoms with Gasteiger partial charge >= 0.3 is 0 Å². The van der Waals surface area contributed by atoms with Gasteiger partial charge in [-0.05, 0) is 55.8 Å². The van der Waals surface area contributed by atoms with Crippen molar-refractivity contribution in [1.82, 2.24) is 0 Å². The molecule has 0 aromatic heterocycles. The van der Waals surface area contributed by atoms with Crippen LogP contribution in [-0.2, 0) is 9.47 Å². The highest BCUT2D eigenvalue weighted by Crippen LogP contribution is 2.56. The molecule has 0 radical (unpaired) electrons. The summed E-state index contributed by atoms with van der Waals surface area (Å²) in [6.45, 7) is 2.66. The normalized spacial score (nSPS) is 19.2. The maximum absolute atomic E-state index is 6.37. The molecule has 0 aliphatic carbocycles. The molecule has 0 amide bonds. The van der Waals surface area contributed by atoms with Gasteiger partial charge in [0.1, 0.15) is 29.3 Å². The van der Waals surface area contributed by atoms with E-state index in [2.05, 4.69) is 97.1 Å². The fraction of sp³-hybridized carbons (Fsp3) is 0.231. The third-order valence-electron chi connectivity index (χ3n) is 5.42. The minimum absolute atomic E-state index is 0.116. The lowest BCUT2D eigenvalue weighted by Crippen LogP contribution is -2.39. The summed E-state index contributed by atoms with van der Waals surface area (Å²) in [6, 6.07) is 32.9. The van der Waals surface area contributed by atoms with Crippen LogP contribution in [-0.4, -0.2) is 25.2 Å². The summed E-state index contributed by atoms with van der Waals surface area (Å²) in [5.74, 6) is 0. The molecule has 0 spiro atoms. The summed E-state index contributed by atoms with van der Waals surface area (Å²) in [7, 11) is -1.88. The lowest BCUT2D eigenvalue weighted by atomic mass is 10.2. The van der Waals surface area contributed by atoms with Crippen molar-refractivity contribution in [2.45, 2.75) is 25.7 Å². The molecule has 0 N–H and O–H groups in total. The van der Waals surface area contributed by atoms with Gasteiger partial charge in [0, 0.05) is 6.61 Å². The zero-order valence-corrected chi connectivity index (χ0v) is 17.7. The van der Waals surface area contributed by atoms with Crippen LogP contribution in [0.5, 0.6) is 0 Å². The van der Waals surface area contributed by atoms with Crippen molar-refractivity contribution in [3.63, 3.8) is 0 Å². The van der Waals surface area contributed by atoms with Gasteiger partial charge in [-0.3, -0.25) is 0 Å². The molecule has 1 heterocycles. The monoisotopic (exact) mass is 403 g/mol. The first-order valence-electron chi connectivity index (χ1n) is 10.3. The first-order chi connectivity index (χ1) is 14.3. The van der Waals surface area contributed by atoms with Crippen LogP contribution in [0.2, 0.25) is 0 Å². The molecule has 29 heavy (non-hydrogen) atoms. The molecule has 2 atom stereocenters. The standard InChI is InChI=1S/C26H28O2P/c1-2-27-26-20-12-13-22(28-26)21-29(23-14-6-3-7-15-23,24-16-8-4-9-17-24)25-18-10-5-11-19-25/h3-12,14-20,22,26H,2,13,21H2,1H3/q+1/t22-,26-/m0/s1. The lowest BCUT2D eigenvalue weighted by Gasteiger charge is -2.33. The Kier molecular flexibility index (Phi) is 6.56. The summed E-state index contributed by atoms with van der Waals surface area (Å²) in [6.07, 6.45) is 5.99. The summed E-state index contributed by atoms with van der Waals surface area (Å²) in [4.78, 5) is 0. The zero-order chi connectivity index (χ0) is 19.9. The molecule has 4 rings (SSSR count). The second kappa shape index (κ2) is 9.50. The van der Waals surface area contributed by atoms with E-state index >= 15 is 0 Å². The van der Waals surface area contributed by atoms with Crippen molar-refractivity contribution in [3.05, 3.63) is 103 Å². The van der Waals surface area contributed by atoms with Crippen molar-refractivity contribution in [2.24, 2.45) is 0 Å². The van der Waals surface area contributed by atoms with Crippen molar-refractivity contribution < 1.29 is 9.47 Å². The van der Waals surface area contributed by atoms with Crippen LogP contribution in [0.1, 0.15) is 13.3 Å². The highest BCUT2D eigenvalue weighted by Gasteiger charge is 2.47. The van der Waals surface area contributed by atoms with Crippen molar-refractivity contribution in [1.29, 1.82) is 0 Å². The average molecular weight is 403 g/mol. The van der Waals surface area contributed by atoms with Crippen LogP contribution < -0.4 is 15.9 Å². The Morgan fingerprint density at radius 3 is 1.72 bits per heavy atom. The SMILES string of the molecule is CCO[C@@H]1C=CC[C@@H](C[P+](c2ccccc2)(c2ccccc2)c2ccccc2)O1. The van der Waals surface area contributed by atoms with Gasteiger partial charge in [0.2, 0.25) is 0 Å². The number of ether oxygens (including phenoxy) is 2. The van der Waals surface area contributed by atoms with E-state index in [4.69, 9.17) is 9.47 Å². The highest BCUT2D eigenvalue weighted by atomic mass is 31.2. The van der Waals surface area contributed by atoms with Crippen LogP contribution in [0.25, 0.3) is 0 Å². The Hall–Kier alpha value is -2.25. The van der Waals surface area contributed by atoms with Crippen LogP contribution >= 0.6 is 7.26 Å². The van der Waals surface area contributed by atoms with Gasteiger partial charge in [0.15, 0.2) is 6.29 Å². The number of benzene rings is 3. The Balaban J connectivity index is 1.83. The molecule has 0 unspecified atom stereocenters. The molecule has 3 heteroatoms. The number of hydrogen-bond donors (Lipinski definition) is 0. The van der Waals surface area contributed by atoms with Crippen molar-refractivity contribution in [3.8, 4) is 0 Å². The molecule has 2 nitrogen and oxygen atoms in total. The first-order valence-corrected chi connectivity index (χ1v) is 12.3. The third kappa shape index (κ3) is 4.36. The Morgan fingerprint density at radius 1 is 0.793 bits per heavy atom. The van der Waals surface area contributed by atoms with Crippen molar-refractivity contribution in [2.75, 3.05) is 12.8 Å². The number of rotatable bonds is 7. The smallest absolute Gasteiger partial charge is 0.177 e. The summed E-state index contributed by atoms with van der Waals surface area (Å²) in [5.41, 5.74) is 0. The molecular formula is C26H28O2P+. The van der Waals surface area contributed by atoms with E-state index < -0.39 is 7.26 Å². The van der Waals surface area contributed by atoms with Gasteiger partial charge in [0.05, 0.1) is 6.10 Å². The molecule has 1 aliphatic rings. The quantitative estimate of drug-likeness (QED) is 0.421. The molecule has 0 fully saturated rings. The van der Waals surface area contributed by atoms with E-state index in [9.17, 15) is 0 Å². The number of hydrogen-bond acceptors (Lipinski definition) is 2. The largest absolute Gasteiger partial charge is 0.349 e. The fourth-order valence-electron chi connectivity index (χ4n) is 4.13. The van der Waals surface area contributed by atoms with E-state index in [1.165, 1.54) is 15.9 Å². The fourth-order valence-corrected chi connectivity index (χ4v) is 8.54. The van der Waals surface area contributed by atoms with Gasteiger partial charge in [0.25, 0.3) is 0 Å². The minimum atomic E-state index is -1.88. The van der Waals surface area contributed by atoms with Gasteiger partial charge < -0.3 is 9.47 Å². The minimum Gasteiger partial charge on any atom is -0.349 e. The summed E-state index contributed by atoms with van der Waals surface area (Å²) >= 11 is 0. The zero-order valence-electron chi connectivity index (χ0n) is 16.9. The van der Waals surface area contributed by atoms with E-state index in [1.807, 2.05) is 13.0 Å². The van der Waals surface area contributed by atoms with Crippen molar-refractivity contribution >= 4 is 23.2 Å². The van der Waals surface area contributed by atoms with Gasteiger partial charge in [-0.25, -0.2) is 0 Å². The third-order valence-corrected chi connectivity index (χ3v) is 9.91. The molecule has 1 aliphatic heterocycles. The van der Waals surface area contributed by atoms with Crippen LogP contribution in [0.3, 0.4) is 0 Å². The highest BCUT2D eigenvalue weighted by molar-refractivity contribution is 7.95. The van der Waals surface area contributed by atoms with Gasteiger partial charge in [-0.15, -0.1) is 0 Å². The second-order valence-electron chi connectivity index (χ2n) is 7.24. The molecule has 3 aromatic rings. The van der Waals surface area contributed by atoms with E-state index in [1.54, 1.807) is 0 Å². The van der Waals surface area contributed by atoms with Gasteiger partial charge in [-0.2, -0.15) is 0 Å². The predicted octanol–water partition coefficient (Wildman–Crippen LogP) is 4.69. The Morgan fingerprint density at radius 2 is 1.28 bits per heavy atom. The van der Waals surface area contributed by atoms with E-state index in [0.29, 0.717) is 6.61 Å². The predicted molar refractivity (Wildman–Crippen MR) is 124 cm³/mol. The Bertz CT molecular complexity index is 813. The summed E-state index contributed by atoms with van der Waals surface area (Å²) in [5, 5.41) is 4.18. The molecule has 0 saturated heterocycles. The summed E-state index contributed by atoms with van der Waals surface area (Å²) < 4.78 is 12.1. The second-order valence-corrected chi connectivity index (χ2v) is 10.8.